The predicted octanol–water partition coefficient (Wildman–Crippen LogP) is -0.283. The van der Waals surface area contributed by atoms with E-state index in [1.165, 1.54) is 18.3 Å². The molecule has 2 amide bonds. The number of rotatable bonds is 14. The van der Waals surface area contributed by atoms with E-state index >= 15 is 0 Å². The van der Waals surface area contributed by atoms with Crippen LogP contribution in [0.15, 0.2) is 30.5 Å². The van der Waals surface area contributed by atoms with Gasteiger partial charge in [0, 0.05) is 24.1 Å². The Hall–Kier alpha value is -5.61. The molecule has 0 bridgehead atoms. The van der Waals surface area contributed by atoms with Crippen LogP contribution in [0.2, 0.25) is 0 Å². The van der Waals surface area contributed by atoms with Gasteiger partial charge in [-0.15, -0.1) is 0 Å². The second-order valence-corrected chi connectivity index (χ2v) is 8.66. The molecule has 0 spiro atoms. The van der Waals surface area contributed by atoms with E-state index in [4.69, 9.17) is 15.9 Å². The predicted molar refractivity (Wildman–Crippen MR) is 140 cm³/mol. The van der Waals surface area contributed by atoms with Crippen molar-refractivity contribution in [2.75, 3.05) is 11.1 Å². The molecule has 0 aliphatic heterocycles. The summed E-state index contributed by atoms with van der Waals surface area (Å²) in [6.07, 6.45) is -0.329. The molecule has 17 heteroatoms. The van der Waals surface area contributed by atoms with Crippen molar-refractivity contribution in [2.24, 2.45) is 0 Å². The Kier molecular flexibility index (Phi) is 9.82. The van der Waals surface area contributed by atoms with Crippen molar-refractivity contribution in [3.05, 3.63) is 41.7 Å². The maximum atomic E-state index is 12.8. The number of nitrogens with two attached hydrogens (primary N) is 1. The van der Waals surface area contributed by atoms with Crippen LogP contribution in [0.3, 0.4) is 0 Å². The number of fused-ring (bicyclic) bond motifs is 1. The van der Waals surface area contributed by atoms with Gasteiger partial charge in [0.2, 0.25) is 17.7 Å². The van der Waals surface area contributed by atoms with Gasteiger partial charge in [0.15, 0.2) is 11.2 Å². The van der Waals surface area contributed by atoms with Gasteiger partial charge in [-0.05, 0) is 37.1 Å². The van der Waals surface area contributed by atoms with E-state index in [-0.39, 0.29) is 35.6 Å². The number of nitrogen functional groups attached to an aromatic ring is 1. The summed E-state index contributed by atoms with van der Waals surface area (Å²) in [6, 6.07) is 3.05. The molecule has 3 rings (SSSR count). The minimum atomic E-state index is -1.55. The molecule has 17 nitrogen and oxygen atoms in total. The van der Waals surface area contributed by atoms with Crippen LogP contribution in [0.4, 0.5) is 11.6 Å². The zero-order valence-electron chi connectivity index (χ0n) is 21.3. The molecule has 0 radical (unpaired) electrons. The third kappa shape index (κ3) is 8.70. The molecule has 0 aliphatic carbocycles. The molecule has 1 aromatic carbocycles. The van der Waals surface area contributed by atoms with E-state index in [2.05, 4.69) is 35.9 Å². The Morgan fingerprint density at radius 2 is 1.49 bits per heavy atom. The molecule has 0 saturated carbocycles. The topological polar surface area (TPSA) is 280 Å². The lowest BCUT2D eigenvalue weighted by Gasteiger charge is -2.21. The third-order valence-electron chi connectivity index (χ3n) is 5.61. The first kappa shape index (κ1) is 29.9. The number of nitrogens with one attached hydrogen (secondary N) is 3. The normalized spacial score (nSPS) is 12.2. The van der Waals surface area contributed by atoms with E-state index in [1.54, 1.807) is 12.1 Å². The van der Waals surface area contributed by atoms with E-state index in [0.29, 0.717) is 11.4 Å². The van der Waals surface area contributed by atoms with Crippen molar-refractivity contribution >= 4 is 52.5 Å². The summed E-state index contributed by atoms with van der Waals surface area (Å²) in [5, 5.41) is 44.6. The summed E-state index contributed by atoms with van der Waals surface area (Å²) >= 11 is 0. The number of aliphatic carboxylic acids is 3. The summed E-state index contributed by atoms with van der Waals surface area (Å²) in [5.41, 5.74) is 6.81. The van der Waals surface area contributed by atoms with Crippen LogP contribution < -0.4 is 21.7 Å². The smallest absolute Gasteiger partial charge is 0.326 e. The molecule has 0 aliphatic rings. The highest BCUT2D eigenvalue weighted by molar-refractivity contribution is 5.98. The van der Waals surface area contributed by atoms with Crippen molar-refractivity contribution in [2.45, 2.75) is 44.3 Å². The van der Waals surface area contributed by atoms with Gasteiger partial charge in [-0.25, -0.2) is 14.8 Å². The van der Waals surface area contributed by atoms with E-state index in [1.807, 2.05) is 0 Å². The number of nitrogens with zero attached hydrogens (tertiary/aromatic N) is 4. The van der Waals surface area contributed by atoms with Gasteiger partial charge in [0.1, 0.15) is 12.1 Å². The van der Waals surface area contributed by atoms with Gasteiger partial charge in [-0.2, -0.15) is 9.97 Å². The van der Waals surface area contributed by atoms with Crippen LogP contribution >= 0.6 is 0 Å². The fourth-order valence-electron chi connectivity index (χ4n) is 3.54. The fourth-order valence-corrected chi connectivity index (χ4v) is 3.54. The van der Waals surface area contributed by atoms with Gasteiger partial charge in [0.25, 0.3) is 5.91 Å². The Balaban J connectivity index is 1.64. The van der Waals surface area contributed by atoms with Crippen LogP contribution in [-0.2, 0) is 25.7 Å². The highest BCUT2D eigenvalue weighted by Crippen LogP contribution is 2.19. The van der Waals surface area contributed by atoms with E-state index in [0.717, 1.165) is 0 Å². The Morgan fingerprint density at radius 3 is 2.10 bits per heavy atom. The molecule has 41 heavy (non-hydrogen) atoms. The lowest BCUT2D eigenvalue weighted by Crippen LogP contribution is -2.51. The summed E-state index contributed by atoms with van der Waals surface area (Å²) in [5.74, 6) is -6.23. The van der Waals surface area contributed by atoms with Crippen molar-refractivity contribution in [3.8, 4) is 5.88 Å². The first-order valence-electron chi connectivity index (χ1n) is 12.0. The standard InChI is InChI=1S/C24H26N8O9/c25-24-31-19-18(22(39)32-24)28-13(10-27-19)9-26-12-3-1-11(2-4-12)20(37)29-14(5-7-16(33)34)21(38)30-15(23(40)41)6-8-17(35)36/h1-4,10,14-15,26H,5-9H2,(H,29,37)(H,30,38)(H,33,34)(H,35,36)(H,40,41)(H3,25,27,31,32,39)/t14-,15+/m0/s1. The quantitative estimate of drug-likeness (QED) is 0.124. The van der Waals surface area contributed by atoms with Gasteiger partial charge in [-0.3, -0.25) is 19.2 Å². The fraction of sp³-hybridized carbons (Fsp3) is 0.292. The van der Waals surface area contributed by atoms with Crippen molar-refractivity contribution in [3.63, 3.8) is 0 Å². The number of carboxylic acid groups (broad SMARTS) is 3. The number of carbonyl (C=O) groups is 5. The van der Waals surface area contributed by atoms with Crippen LogP contribution in [0, 0.1) is 0 Å². The van der Waals surface area contributed by atoms with Gasteiger partial charge in [-0.1, -0.05) is 0 Å². The highest BCUT2D eigenvalue weighted by atomic mass is 16.4. The van der Waals surface area contributed by atoms with Crippen LogP contribution in [0.5, 0.6) is 5.88 Å². The summed E-state index contributed by atoms with van der Waals surface area (Å²) < 4.78 is 0. The molecule has 0 unspecified atom stereocenters. The summed E-state index contributed by atoms with van der Waals surface area (Å²) in [4.78, 5) is 74.6. The molecule has 0 fully saturated rings. The molecule has 0 saturated heterocycles. The first-order valence-corrected chi connectivity index (χ1v) is 12.0. The Labute approximate surface area is 230 Å². The number of aromatic hydroxyl groups is 1. The van der Waals surface area contributed by atoms with Crippen LogP contribution in [0.25, 0.3) is 11.2 Å². The molecule has 9 N–H and O–H groups in total. The second kappa shape index (κ2) is 13.5. The minimum Gasteiger partial charge on any atom is -0.492 e. The summed E-state index contributed by atoms with van der Waals surface area (Å²) in [7, 11) is 0. The molecule has 2 aromatic heterocycles. The SMILES string of the molecule is Nc1nc(O)c2nc(CNc3ccc(C(=O)N[C@@H](CCC(=O)O)C(=O)N[C@H](CCC(=O)O)C(=O)O)cc3)cnc2n1. The average Bonchev–Trinajstić information content (AvgIpc) is 2.91. The summed E-state index contributed by atoms with van der Waals surface area (Å²) in [6.45, 7) is 0.183. The Morgan fingerprint density at radius 1 is 0.854 bits per heavy atom. The number of hydrogen-bond acceptors (Lipinski definition) is 12. The molecule has 3 aromatic rings. The molecular weight excluding hydrogens is 544 g/mol. The monoisotopic (exact) mass is 570 g/mol. The number of carboxylic acids is 3. The number of anilines is 2. The molecule has 216 valence electrons. The maximum Gasteiger partial charge on any atom is 0.326 e. The van der Waals surface area contributed by atoms with Crippen molar-refractivity contribution in [1.29, 1.82) is 0 Å². The zero-order chi connectivity index (χ0) is 30.1. The first-order chi connectivity index (χ1) is 19.4. The largest absolute Gasteiger partial charge is 0.492 e. The van der Waals surface area contributed by atoms with Crippen molar-refractivity contribution in [1.82, 2.24) is 30.6 Å². The van der Waals surface area contributed by atoms with E-state index < -0.39 is 66.9 Å². The average molecular weight is 571 g/mol. The second-order valence-electron chi connectivity index (χ2n) is 8.66. The van der Waals surface area contributed by atoms with Gasteiger partial charge >= 0.3 is 17.9 Å². The molecular formula is C24H26N8O9. The van der Waals surface area contributed by atoms with Crippen molar-refractivity contribution < 1.29 is 44.4 Å². The van der Waals surface area contributed by atoms with E-state index in [9.17, 15) is 34.2 Å². The number of carbonyl (C=O) groups excluding carboxylic acids is 2. The number of aromatic nitrogens is 4. The highest BCUT2D eigenvalue weighted by Gasteiger charge is 2.27. The Bertz CT molecular complexity index is 1470. The maximum absolute atomic E-state index is 12.8. The van der Waals surface area contributed by atoms with Crippen LogP contribution in [0.1, 0.15) is 41.7 Å². The number of benzene rings is 1. The zero-order valence-corrected chi connectivity index (χ0v) is 21.3. The van der Waals surface area contributed by atoms with Gasteiger partial charge in [0.05, 0.1) is 18.4 Å². The van der Waals surface area contributed by atoms with Crippen LogP contribution in [-0.4, -0.2) is 82.2 Å². The lowest BCUT2D eigenvalue weighted by atomic mass is 10.1. The van der Waals surface area contributed by atoms with Gasteiger partial charge < -0.3 is 42.1 Å². The molecule has 2 atom stereocenters. The third-order valence-corrected chi connectivity index (χ3v) is 5.61. The molecule has 2 heterocycles. The number of amides is 2. The number of hydrogen-bond donors (Lipinski definition) is 8. The lowest BCUT2D eigenvalue weighted by molar-refractivity contribution is -0.143. The minimum absolute atomic E-state index is 0.0727.